The van der Waals surface area contributed by atoms with Crippen molar-refractivity contribution in [3.05, 3.63) is 10.7 Å². The van der Waals surface area contributed by atoms with E-state index in [0.717, 1.165) is 9.78 Å². The van der Waals surface area contributed by atoms with Gasteiger partial charge in [-0.25, -0.2) is 9.78 Å². The van der Waals surface area contributed by atoms with Gasteiger partial charge in [-0.3, -0.25) is 0 Å². The molecule has 3 nitrogen and oxygen atoms in total. The molecule has 0 aromatic carbocycles. The fourth-order valence-corrected chi connectivity index (χ4v) is 1.62. The van der Waals surface area contributed by atoms with Crippen LogP contribution in [0.1, 0.15) is 15.5 Å². The third-order valence-electron chi connectivity index (χ3n) is 1.28. The molecule has 0 saturated carbocycles. The van der Waals surface area contributed by atoms with Gasteiger partial charge in [0, 0.05) is 0 Å². The van der Waals surface area contributed by atoms with Crippen LogP contribution in [0.25, 0.3) is 0 Å². The topological polar surface area (TPSA) is 39.2 Å². The van der Waals surface area contributed by atoms with Crippen LogP contribution in [0.3, 0.4) is 0 Å². The van der Waals surface area contributed by atoms with E-state index in [2.05, 4.69) is 9.72 Å². The van der Waals surface area contributed by atoms with Crippen LogP contribution >= 0.6 is 11.3 Å². The largest absolute Gasteiger partial charge is 0.464 e. The highest BCUT2D eigenvalue weighted by Gasteiger charge is 2.12. The molecule has 0 N–H and O–H groups in total. The fraction of sp³-hybridized carbons (Fsp3) is 0.333. The Balaban J connectivity index is 3.03. The lowest BCUT2D eigenvalue weighted by Crippen LogP contribution is -2.13. The maximum Gasteiger partial charge on any atom is 0.356 e. The maximum absolute atomic E-state index is 11.0. The van der Waals surface area contributed by atoms with Crippen molar-refractivity contribution >= 4 is 29.9 Å². The average Bonchev–Trinajstić information content (AvgIpc) is 2.28. The second-order valence-electron chi connectivity index (χ2n) is 2.13. The van der Waals surface area contributed by atoms with Crippen LogP contribution in [0.5, 0.6) is 0 Å². The van der Waals surface area contributed by atoms with Gasteiger partial charge < -0.3 is 4.74 Å². The number of thiazole rings is 1. The van der Waals surface area contributed by atoms with Crippen LogP contribution in [0.4, 0.5) is 0 Å². The summed E-state index contributed by atoms with van der Waals surface area (Å²) in [6, 6.07) is 0. The molecule has 0 unspecified atom stereocenters. The highest BCUT2D eigenvalue weighted by molar-refractivity contribution is 7.20. The predicted octanol–water partition coefficient (Wildman–Crippen LogP) is -0.503. The lowest BCUT2D eigenvalue weighted by Gasteiger charge is -1.93. The number of aromatic nitrogens is 1. The lowest BCUT2D eigenvalue weighted by atomic mass is 10.1. The van der Waals surface area contributed by atoms with Gasteiger partial charge in [-0.1, -0.05) is 0 Å². The van der Waals surface area contributed by atoms with Gasteiger partial charge in [-0.15, -0.1) is 11.3 Å². The zero-order valence-corrected chi connectivity index (χ0v) is 7.49. The molecule has 1 aromatic rings. The van der Waals surface area contributed by atoms with E-state index < -0.39 is 0 Å². The first-order valence-corrected chi connectivity index (χ1v) is 3.99. The Hall–Kier alpha value is -0.835. The minimum absolute atomic E-state index is 0.355. The van der Waals surface area contributed by atoms with E-state index in [1.807, 2.05) is 14.8 Å². The summed E-state index contributed by atoms with van der Waals surface area (Å²) in [5.74, 6) is -0.355. The summed E-state index contributed by atoms with van der Waals surface area (Å²) >= 11 is 1.50. The maximum atomic E-state index is 11.0. The molecular weight excluding hydrogens is 161 g/mol. The highest BCUT2D eigenvalue weighted by Crippen LogP contribution is 2.04. The molecule has 11 heavy (non-hydrogen) atoms. The SMILES string of the molecule is Bc1sc(C)nc1C(=O)OC. The van der Waals surface area contributed by atoms with Gasteiger partial charge in [0.15, 0.2) is 13.5 Å². The van der Waals surface area contributed by atoms with Crippen molar-refractivity contribution in [2.45, 2.75) is 6.92 Å². The number of hydrogen-bond acceptors (Lipinski definition) is 4. The molecule has 0 aliphatic carbocycles. The zero-order chi connectivity index (χ0) is 8.43. The van der Waals surface area contributed by atoms with Crippen LogP contribution in [0, 0.1) is 6.92 Å². The van der Waals surface area contributed by atoms with Gasteiger partial charge in [0.05, 0.1) is 12.1 Å². The zero-order valence-electron chi connectivity index (χ0n) is 6.67. The lowest BCUT2D eigenvalue weighted by molar-refractivity contribution is 0.0596. The van der Waals surface area contributed by atoms with Gasteiger partial charge in [0.1, 0.15) is 0 Å². The molecule has 0 bridgehead atoms. The molecule has 5 heteroatoms. The number of nitrogens with zero attached hydrogens (tertiary/aromatic N) is 1. The normalized spacial score (nSPS) is 9.64. The van der Waals surface area contributed by atoms with Crippen molar-refractivity contribution in [3.63, 3.8) is 0 Å². The Kier molecular flexibility index (Phi) is 2.29. The number of hydrogen-bond donors (Lipinski definition) is 0. The predicted molar refractivity (Wildman–Crippen MR) is 46.4 cm³/mol. The van der Waals surface area contributed by atoms with Crippen molar-refractivity contribution < 1.29 is 9.53 Å². The highest BCUT2D eigenvalue weighted by atomic mass is 32.1. The van der Waals surface area contributed by atoms with Crippen LogP contribution in [-0.2, 0) is 4.74 Å². The number of aryl methyl sites for hydroxylation is 1. The number of rotatable bonds is 1. The van der Waals surface area contributed by atoms with E-state index in [9.17, 15) is 4.79 Å². The van der Waals surface area contributed by atoms with Gasteiger partial charge in [-0.2, -0.15) is 0 Å². The summed E-state index contributed by atoms with van der Waals surface area (Å²) in [7, 11) is 3.22. The quantitative estimate of drug-likeness (QED) is 0.420. The molecule has 0 atom stereocenters. The Morgan fingerprint density at radius 2 is 2.36 bits per heavy atom. The summed E-state index contributed by atoms with van der Waals surface area (Å²) < 4.78 is 5.45. The molecule has 0 saturated heterocycles. The minimum Gasteiger partial charge on any atom is -0.464 e. The van der Waals surface area contributed by atoms with E-state index in [1.54, 1.807) is 0 Å². The first kappa shape index (κ1) is 8.26. The summed E-state index contributed by atoms with van der Waals surface area (Å²) in [6.45, 7) is 1.87. The van der Waals surface area contributed by atoms with E-state index in [4.69, 9.17) is 0 Å². The second-order valence-corrected chi connectivity index (χ2v) is 3.54. The van der Waals surface area contributed by atoms with Crippen molar-refractivity contribution in [3.8, 4) is 0 Å². The number of methoxy groups -OCH3 is 1. The van der Waals surface area contributed by atoms with Gasteiger partial charge >= 0.3 is 5.97 Å². The average molecular weight is 169 g/mol. The van der Waals surface area contributed by atoms with E-state index in [-0.39, 0.29) is 5.97 Å². The third-order valence-corrected chi connectivity index (χ3v) is 2.17. The van der Waals surface area contributed by atoms with Crippen molar-refractivity contribution in [1.82, 2.24) is 4.98 Å². The van der Waals surface area contributed by atoms with Crippen molar-refractivity contribution in [1.29, 1.82) is 0 Å². The van der Waals surface area contributed by atoms with E-state index in [0.29, 0.717) is 5.69 Å². The molecule has 1 heterocycles. The van der Waals surface area contributed by atoms with Crippen molar-refractivity contribution in [2.75, 3.05) is 7.11 Å². The molecule has 0 amide bonds. The number of esters is 1. The molecule has 0 radical (unpaired) electrons. The minimum atomic E-state index is -0.355. The first-order valence-electron chi connectivity index (χ1n) is 3.17. The summed E-state index contributed by atoms with van der Waals surface area (Å²) in [5, 5.41) is 0.892. The molecule has 1 rings (SSSR count). The fourth-order valence-electron chi connectivity index (χ4n) is 0.815. The standard InChI is InChI=1S/C6H8BNO2S/c1-3-8-4(5(7)11-3)6(9)10-2/h7H2,1-2H3. The number of carbonyl (C=O) groups excluding carboxylic acids is 1. The van der Waals surface area contributed by atoms with Gasteiger partial charge in [-0.05, 0) is 11.7 Å². The number of ether oxygens (including phenoxy) is 1. The van der Waals surface area contributed by atoms with Crippen LogP contribution in [0.15, 0.2) is 0 Å². The van der Waals surface area contributed by atoms with Gasteiger partial charge in [0.25, 0.3) is 0 Å². The Bertz CT molecular complexity index is 284. The summed E-state index contributed by atoms with van der Waals surface area (Å²) in [5.41, 5.74) is 0.440. The third kappa shape index (κ3) is 1.60. The molecule has 1 aromatic heterocycles. The van der Waals surface area contributed by atoms with Crippen LogP contribution in [-0.4, -0.2) is 25.9 Å². The van der Waals surface area contributed by atoms with E-state index >= 15 is 0 Å². The molecular formula is C6H8BNO2S. The monoisotopic (exact) mass is 169 g/mol. The Morgan fingerprint density at radius 1 is 1.73 bits per heavy atom. The van der Waals surface area contributed by atoms with Crippen LogP contribution in [0.2, 0.25) is 0 Å². The Labute approximate surface area is 69.8 Å². The molecule has 0 fully saturated rings. The Morgan fingerprint density at radius 3 is 2.73 bits per heavy atom. The molecule has 0 spiro atoms. The number of carbonyl (C=O) groups is 1. The van der Waals surface area contributed by atoms with Crippen molar-refractivity contribution in [2.24, 2.45) is 0 Å². The smallest absolute Gasteiger partial charge is 0.356 e. The summed E-state index contributed by atoms with van der Waals surface area (Å²) in [6.07, 6.45) is 0. The molecule has 58 valence electrons. The summed E-state index contributed by atoms with van der Waals surface area (Å²) in [4.78, 5) is 15.0. The van der Waals surface area contributed by atoms with Crippen LogP contribution < -0.4 is 4.78 Å². The molecule has 0 aliphatic heterocycles. The first-order chi connectivity index (χ1) is 5.15. The molecule has 0 aliphatic rings. The van der Waals surface area contributed by atoms with E-state index in [1.165, 1.54) is 18.4 Å². The second kappa shape index (κ2) is 3.05. The van der Waals surface area contributed by atoms with Gasteiger partial charge in [0.2, 0.25) is 0 Å².